The van der Waals surface area contributed by atoms with Gasteiger partial charge in [-0.3, -0.25) is 4.79 Å². The van der Waals surface area contributed by atoms with Crippen molar-refractivity contribution in [2.45, 2.75) is 44.9 Å². The van der Waals surface area contributed by atoms with E-state index in [4.69, 9.17) is 10.5 Å². The molecule has 3 N–H and O–H groups in total. The Morgan fingerprint density at radius 2 is 2.21 bits per heavy atom. The zero-order valence-electron chi connectivity index (χ0n) is 11.6. The quantitative estimate of drug-likeness (QED) is 0.867. The Morgan fingerprint density at radius 3 is 2.84 bits per heavy atom. The van der Waals surface area contributed by atoms with Crippen LogP contribution < -0.4 is 11.1 Å². The number of carbonyl (C=O) groups is 1. The fourth-order valence-electron chi connectivity index (χ4n) is 2.53. The minimum Gasteiger partial charge on any atom is -0.364 e. The molecule has 0 saturated carbocycles. The van der Waals surface area contributed by atoms with Gasteiger partial charge < -0.3 is 15.8 Å². The van der Waals surface area contributed by atoms with E-state index in [1.165, 1.54) is 5.56 Å². The van der Waals surface area contributed by atoms with Crippen LogP contribution in [0.25, 0.3) is 0 Å². The topological polar surface area (TPSA) is 64.4 Å². The maximum atomic E-state index is 12.1. The van der Waals surface area contributed by atoms with Crippen LogP contribution in [0.4, 0.5) is 0 Å². The second-order valence-corrected chi connectivity index (χ2v) is 5.15. The van der Waals surface area contributed by atoms with E-state index >= 15 is 0 Å². The molecule has 3 unspecified atom stereocenters. The van der Waals surface area contributed by atoms with Crippen molar-refractivity contribution in [1.29, 1.82) is 0 Å². The number of aryl methyl sites for hydroxylation is 1. The molecule has 104 valence electrons. The monoisotopic (exact) mass is 262 g/mol. The summed E-state index contributed by atoms with van der Waals surface area (Å²) in [6, 6.07) is 8.07. The summed E-state index contributed by atoms with van der Waals surface area (Å²) in [6.07, 6.45) is 1.31. The lowest BCUT2D eigenvalue weighted by Gasteiger charge is -2.19. The van der Waals surface area contributed by atoms with Gasteiger partial charge in [-0.1, -0.05) is 24.3 Å². The first kappa shape index (κ1) is 14.0. The molecule has 1 fully saturated rings. The SMILES string of the molecule is Cc1ccccc1C(C)NC(=O)C1CCC(CN)O1. The van der Waals surface area contributed by atoms with E-state index in [1.807, 2.05) is 25.1 Å². The molecule has 4 heteroatoms. The Balaban J connectivity index is 1.94. The van der Waals surface area contributed by atoms with Crippen molar-refractivity contribution < 1.29 is 9.53 Å². The first-order valence-electron chi connectivity index (χ1n) is 6.83. The van der Waals surface area contributed by atoms with Crippen LogP contribution >= 0.6 is 0 Å². The number of rotatable bonds is 4. The lowest BCUT2D eigenvalue weighted by molar-refractivity contribution is -0.132. The summed E-state index contributed by atoms with van der Waals surface area (Å²) in [5.74, 6) is -0.0355. The van der Waals surface area contributed by atoms with Crippen LogP contribution in [0.15, 0.2) is 24.3 Å². The van der Waals surface area contributed by atoms with Gasteiger partial charge in [0.05, 0.1) is 12.1 Å². The predicted octanol–water partition coefficient (Wildman–Crippen LogP) is 1.68. The molecule has 1 amide bonds. The fourth-order valence-corrected chi connectivity index (χ4v) is 2.53. The van der Waals surface area contributed by atoms with Crippen LogP contribution in [0.1, 0.15) is 36.9 Å². The van der Waals surface area contributed by atoms with Gasteiger partial charge in [-0.25, -0.2) is 0 Å². The van der Waals surface area contributed by atoms with Gasteiger partial charge in [-0.2, -0.15) is 0 Å². The highest BCUT2D eigenvalue weighted by molar-refractivity contribution is 5.81. The van der Waals surface area contributed by atoms with Gasteiger partial charge in [0.1, 0.15) is 6.10 Å². The Morgan fingerprint density at radius 1 is 1.47 bits per heavy atom. The maximum absolute atomic E-state index is 12.1. The van der Waals surface area contributed by atoms with Crippen molar-refractivity contribution in [3.8, 4) is 0 Å². The van der Waals surface area contributed by atoms with E-state index in [0.29, 0.717) is 6.54 Å². The Labute approximate surface area is 114 Å². The molecule has 19 heavy (non-hydrogen) atoms. The third-order valence-corrected chi connectivity index (χ3v) is 3.68. The molecular formula is C15H22N2O2. The van der Waals surface area contributed by atoms with Gasteiger partial charge >= 0.3 is 0 Å². The zero-order chi connectivity index (χ0) is 13.8. The number of amides is 1. The Bertz CT molecular complexity index is 448. The number of ether oxygens (including phenoxy) is 1. The summed E-state index contributed by atoms with van der Waals surface area (Å²) in [5, 5.41) is 3.02. The third kappa shape index (κ3) is 3.33. The fraction of sp³-hybridized carbons (Fsp3) is 0.533. The van der Waals surface area contributed by atoms with Crippen molar-refractivity contribution in [2.75, 3.05) is 6.54 Å². The van der Waals surface area contributed by atoms with Crippen LogP contribution in [0.3, 0.4) is 0 Å². The summed E-state index contributed by atoms with van der Waals surface area (Å²) in [7, 11) is 0. The number of nitrogens with two attached hydrogens (primary N) is 1. The molecule has 0 spiro atoms. The molecule has 1 saturated heterocycles. The number of hydrogen-bond acceptors (Lipinski definition) is 3. The molecule has 3 atom stereocenters. The highest BCUT2D eigenvalue weighted by Crippen LogP contribution is 2.21. The second-order valence-electron chi connectivity index (χ2n) is 5.15. The van der Waals surface area contributed by atoms with E-state index in [1.54, 1.807) is 0 Å². The van der Waals surface area contributed by atoms with Crippen molar-refractivity contribution in [2.24, 2.45) is 5.73 Å². The van der Waals surface area contributed by atoms with Crippen LogP contribution in [0.2, 0.25) is 0 Å². The van der Waals surface area contributed by atoms with Crippen molar-refractivity contribution in [1.82, 2.24) is 5.32 Å². The number of nitrogens with one attached hydrogen (secondary N) is 1. The van der Waals surface area contributed by atoms with E-state index in [-0.39, 0.29) is 24.2 Å². The van der Waals surface area contributed by atoms with Crippen molar-refractivity contribution in [3.05, 3.63) is 35.4 Å². The summed E-state index contributed by atoms with van der Waals surface area (Å²) < 4.78 is 5.60. The first-order chi connectivity index (χ1) is 9.11. The van der Waals surface area contributed by atoms with E-state index in [2.05, 4.69) is 18.3 Å². The van der Waals surface area contributed by atoms with Crippen LogP contribution in [0.5, 0.6) is 0 Å². The minimum absolute atomic E-state index is 0.00535. The average molecular weight is 262 g/mol. The first-order valence-corrected chi connectivity index (χ1v) is 6.83. The lowest BCUT2D eigenvalue weighted by Crippen LogP contribution is -2.37. The number of hydrogen-bond donors (Lipinski definition) is 2. The Kier molecular flexibility index (Phi) is 4.56. The normalized spacial score (nSPS) is 24.2. The van der Waals surface area contributed by atoms with E-state index < -0.39 is 0 Å². The smallest absolute Gasteiger partial charge is 0.249 e. The molecule has 0 aromatic heterocycles. The molecule has 1 heterocycles. The molecule has 1 aromatic carbocycles. The van der Waals surface area contributed by atoms with E-state index in [0.717, 1.165) is 18.4 Å². The van der Waals surface area contributed by atoms with Crippen molar-refractivity contribution in [3.63, 3.8) is 0 Å². The third-order valence-electron chi connectivity index (χ3n) is 3.68. The average Bonchev–Trinajstić information content (AvgIpc) is 2.88. The molecule has 0 aliphatic carbocycles. The van der Waals surface area contributed by atoms with E-state index in [9.17, 15) is 4.79 Å². The molecule has 1 aliphatic rings. The molecule has 1 aromatic rings. The maximum Gasteiger partial charge on any atom is 0.249 e. The standard InChI is InChI=1S/C15H22N2O2/c1-10-5-3-4-6-13(10)11(2)17-15(18)14-8-7-12(9-16)19-14/h3-6,11-12,14H,7-9,16H2,1-2H3,(H,17,18). The van der Waals surface area contributed by atoms with Crippen LogP contribution in [-0.2, 0) is 9.53 Å². The molecule has 1 aliphatic heterocycles. The minimum atomic E-state index is -0.347. The summed E-state index contributed by atoms with van der Waals surface area (Å²) in [5.41, 5.74) is 7.88. The predicted molar refractivity (Wildman–Crippen MR) is 74.7 cm³/mol. The summed E-state index contributed by atoms with van der Waals surface area (Å²) in [6.45, 7) is 4.53. The zero-order valence-corrected chi connectivity index (χ0v) is 11.6. The van der Waals surface area contributed by atoms with Crippen molar-refractivity contribution >= 4 is 5.91 Å². The second kappa shape index (κ2) is 6.17. The molecular weight excluding hydrogens is 240 g/mol. The van der Waals surface area contributed by atoms with Gasteiger partial charge in [0.25, 0.3) is 0 Å². The number of carbonyl (C=O) groups excluding carboxylic acids is 1. The van der Waals surface area contributed by atoms with Crippen LogP contribution in [-0.4, -0.2) is 24.7 Å². The molecule has 2 rings (SSSR count). The highest BCUT2D eigenvalue weighted by Gasteiger charge is 2.30. The molecule has 0 bridgehead atoms. The molecule has 0 radical (unpaired) electrons. The van der Waals surface area contributed by atoms with Gasteiger partial charge in [0, 0.05) is 6.54 Å². The van der Waals surface area contributed by atoms with Gasteiger partial charge in [-0.05, 0) is 37.8 Å². The van der Waals surface area contributed by atoms with Gasteiger partial charge in [0.15, 0.2) is 0 Å². The van der Waals surface area contributed by atoms with Gasteiger partial charge in [-0.15, -0.1) is 0 Å². The number of benzene rings is 1. The van der Waals surface area contributed by atoms with Crippen LogP contribution in [0, 0.1) is 6.92 Å². The molecule has 4 nitrogen and oxygen atoms in total. The summed E-state index contributed by atoms with van der Waals surface area (Å²) in [4.78, 5) is 12.1. The largest absolute Gasteiger partial charge is 0.364 e. The highest BCUT2D eigenvalue weighted by atomic mass is 16.5. The summed E-state index contributed by atoms with van der Waals surface area (Å²) >= 11 is 0. The van der Waals surface area contributed by atoms with Gasteiger partial charge in [0.2, 0.25) is 5.91 Å². The Hall–Kier alpha value is -1.39. The lowest BCUT2D eigenvalue weighted by atomic mass is 10.0.